The van der Waals surface area contributed by atoms with Gasteiger partial charge < -0.3 is 9.63 Å². The number of aliphatic carboxylic acids is 1. The lowest BCUT2D eigenvalue weighted by Crippen LogP contribution is -2.44. The predicted octanol–water partition coefficient (Wildman–Crippen LogP) is 3.71. The van der Waals surface area contributed by atoms with Gasteiger partial charge in [0.15, 0.2) is 11.5 Å². The number of carbonyl (C=O) groups is 1. The Kier molecular flexibility index (Phi) is 4.75. The molecule has 158 valence electrons. The van der Waals surface area contributed by atoms with Crippen LogP contribution >= 0.6 is 11.3 Å². The maximum absolute atomic E-state index is 12.8. The van der Waals surface area contributed by atoms with Crippen molar-refractivity contribution in [3.63, 3.8) is 0 Å². The van der Waals surface area contributed by atoms with Gasteiger partial charge in [0.05, 0.1) is 4.88 Å². The van der Waals surface area contributed by atoms with E-state index in [1.165, 1.54) is 12.1 Å². The highest BCUT2D eigenvalue weighted by atomic mass is 32.2. The standard InChI is InChI=1S/C18H13F3N2O5S2/c19-18(20,21)14-8-12(28-22-14)13-6-7-15(29-13)30(26,27)23-17(16(24)25)9-11(17)10-4-2-1-3-5-10/h1-8,11,23H,9H2,(H,24,25)/t11-,17+/m1/s1. The Morgan fingerprint density at radius 2 is 1.93 bits per heavy atom. The second-order valence-electron chi connectivity index (χ2n) is 6.74. The first-order valence-corrected chi connectivity index (χ1v) is 10.8. The molecule has 0 spiro atoms. The van der Waals surface area contributed by atoms with Gasteiger partial charge in [0.1, 0.15) is 9.75 Å². The van der Waals surface area contributed by atoms with Gasteiger partial charge in [-0.2, -0.15) is 17.9 Å². The molecule has 2 heterocycles. The van der Waals surface area contributed by atoms with E-state index < -0.39 is 39.3 Å². The molecule has 2 N–H and O–H groups in total. The number of sulfonamides is 1. The van der Waals surface area contributed by atoms with Gasteiger partial charge in [-0.25, -0.2) is 8.42 Å². The minimum atomic E-state index is -4.69. The molecule has 0 saturated heterocycles. The highest BCUT2D eigenvalue weighted by Crippen LogP contribution is 2.52. The maximum Gasteiger partial charge on any atom is 0.436 e. The minimum absolute atomic E-state index is 0.0842. The van der Waals surface area contributed by atoms with Crippen LogP contribution in [0.2, 0.25) is 0 Å². The lowest BCUT2D eigenvalue weighted by molar-refractivity contribution is -0.143. The highest BCUT2D eigenvalue weighted by molar-refractivity contribution is 7.91. The number of rotatable bonds is 6. The van der Waals surface area contributed by atoms with Crippen LogP contribution in [0, 0.1) is 0 Å². The predicted molar refractivity (Wildman–Crippen MR) is 99.3 cm³/mol. The fourth-order valence-corrected chi connectivity index (χ4v) is 5.81. The average molecular weight is 458 g/mol. The van der Waals surface area contributed by atoms with Crippen LogP contribution in [0.1, 0.15) is 23.6 Å². The Bertz CT molecular complexity index is 1200. The van der Waals surface area contributed by atoms with Gasteiger partial charge >= 0.3 is 12.1 Å². The molecule has 0 bridgehead atoms. The Morgan fingerprint density at radius 3 is 2.53 bits per heavy atom. The first-order valence-electron chi connectivity index (χ1n) is 8.49. The summed E-state index contributed by atoms with van der Waals surface area (Å²) >= 11 is 0.650. The molecule has 12 heteroatoms. The van der Waals surface area contributed by atoms with Gasteiger partial charge in [-0.15, -0.1) is 11.3 Å². The molecule has 0 amide bonds. The normalized spacial score (nSPS) is 21.5. The summed E-state index contributed by atoms with van der Waals surface area (Å²) < 4.78 is 70.3. The number of hydrogen-bond acceptors (Lipinski definition) is 6. The zero-order valence-corrected chi connectivity index (χ0v) is 16.5. The monoisotopic (exact) mass is 458 g/mol. The van der Waals surface area contributed by atoms with E-state index in [4.69, 9.17) is 0 Å². The van der Waals surface area contributed by atoms with Crippen molar-refractivity contribution in [3.8, 4) is 10.6 Å². The summed E-state index contributed by atoms with van der Waals surface area (Å²) in [5.74, 6) is -2.08. The number of aromatic nitrogens is 1. The largest absolute Gasteiger partial charge is 0.480 e. The summed E-state index contributed by atoms with van der Waals surface area (Å²) in [5, 5.41) is 12.6. The fraction of sp³-hybridized carbons (Fsp3) is 0.222. The average Bonchev–Trinajstić information content (AvgIpc) is 3.05. The number of alkyl halides is 3. The molecule has 0 aliphatic heterocycles. The smallest absolute Gasteiger partial charge is 0.436 e. The first kappa shape index (κ1) is 20.6. The molecular formula is C18H13F3N2O5S2. The number of nitrogens with zero attached hydrogens (tertiary/aromatic N) is 1. The second kappa shape index (κ2) is 6.93. The summed E-state index contributed by atoms with van der Waals surface area (Å²) in [6.45, 7) is 0. The molecule has 4 rings (SSSR count). The van der Waals surface area contributed by atoms with Gasteiger partial charge in [-0.1, -0.05) is 35.5 Å². The van der Waals surface area contributed by atoms with Crippen molar-refractivity contribution in [1.82, 2.24) is 9.88 Å². The molecule has 7 nitrogen and oxygen atoms in total. The van der Waals surface area contributed by atoms with E-state index in [0.717, 1.165) is 0 Å². The summed E-state index contributed by atoms with van der Waals surface area (Å²) in [7, 11) is -4.25. The van der Waals surface area contributed by atoms with Crippen LogP contribution in [-0.4, -0.2) is 30.2 Å². The van der Waals surface area contributed by atoms with Crippen molar-refractivity contribution in [2.75, 3.05) is 0 Å². The summed E-state index contributed by atoms with van der Waals surface area (Å²) in [6.07, 6.45) is -4.61. The molecule has 1 saturated carbocycles. The van der Waals surface area contributed by atoms with Crippen LogP contribution in [0.4, 0.5) is 13.2 Å². The molecule has 1 aromatic carbocycles. The molecule has 2 atom stereocenters. The minimum Gasteiger partial charge on any atom is -0.480 e. The van der Waals surface area contributed by atoms with Gasteiger partial charge in [-0.05, 0) is 24.1 Å². The van der Waals surface area contributed by atoms with E-state index in [-0.39, 0.29) is 21.3 Å². The maximum atomic E-state index is 12.8. The fourth-order valence-electron chi connectivity index (χ4n) is 3.16. The van der Waals surface area contributed by atoms with Gasteiger partial charge in [0.2, 0.25) is 0 Å². The number of carboxylic acid groups (broad SMARTS) is 1. The Hall–Kier alpha value is -2.70. The Labute approximate surface area is 172 Å². The number of thiophene rings is 1. The van der Waals surface area contributed by atoms with E-state index in [1.807, 2.05) is 0 Å². The lowest BCUT2D eigenvalue weighted by atomic mass is 10.1. The summed E-state index contributed by atoms with van der Waals surface area (Å²) in [6, 6.07) is 11.8. The van der Waals surface area contributed by atoms with Crippen LogP contribution in [0.15, 0.2) is 57.3 Å². The molecule has 1 aliphatic rings. The lowest BCUT2D eigenvalue weighted by Gasteiger charge is -2.14. The van der Waals surface area contributed by atoms with Crippen LogP contribution in [0.25, 0.3) is 10.6 Å². The van der Waals surface area contributed by atoms with Crippen molar-refractivity contribution in [3.05, 3.63) is 59.8 Å². The number of hydrogen-bond donors (Lipinski definition) is 2. The van der Waals surface area contributed by atoms with E-state index in [0.29, 0.717) is 23.0 Å². The van der Waals surface area contributed by atoms with Crippen LogP contribution < -0.4 is 4.72 Å². The van der Waals surface area contributed by atoms with E-state index in [2.05, 4.69) is 14.4 Å². The topological polar surface area (TPSA) is 110 Å². The van der Waals surface area contributed by atoms with Gasteiger partial charge in [-0.3, -0.25) is 4.79 Å². The van der Waals surface area contributed by atoms with Crippen molar-refractivity contribution in [2.45, 2.75) is 28.3 Å². The van der Waals surface area contributed by atoms with E-state index >= 15 is 0 Å². The molecule has 0 unspecified atom stereocenters. The van der Waals surface area contributed by atoms with Gasteiger partial charge in [0.25, 0.3) is 10.0 Å². The third-order valence-corrected chi connectivity index (χ3v) is 7.85. The zero-order chi connectivity index (χ0) is 21.7. The Morgan fingerprint density at radius 1 is 1.23 bits per heavy atom. The van der Waals surface area contributed by atoms with E-state index in [1.54, 1.807) is 30.3 Å². The van der Waals surface area contributed by atoms with Crippen molar-refractivity contribution < 1.29 is 36.0 Å². The molecule has 30 heavy (non-hydrogen) atoms. The molecule has 3 aromatic rings. The molecule has 2 aromatic heterocycles. The highest BCUT2D eigenvalue weighted by Gasteiger charge is 2.63. The van der Waals surface area contributed by atoms with Gasteiger partial charge in [0, 0.05) is 12.0 Å². The quantitative estimate of drug-likeness (QED) is 0.583. The van der Waals surface area contributed by atoms with Crippen molar-refractivity contribution in [1.29, 1.82) is 0 Å². The van der Waals surface area contributed by atoms with Crippen molar-refractivity contribution >= 4 is 27.3 Å². The van der Waals surface area contributed by atoms with Crippen LogP contribution in [-0.2, 0) is 21.0 Å². The molecule has 1 fully saturated rings. The Balaban J connectivity index is 1.59. The first-order chi connectivity index (χ1) is 14.0. The zero-order valence-electron chi connectivity index (χ0n) is 14.9. The molecule has 1 aliphatic carbocycles. The second-order valence-corrected chi connectivity index (χ2v) is 9.74. The summed E-state index contributed by atoms with van der Waals surface area (Å²) in [4.78, 5) is 12.0. The number of carboxylic acids is 1. The molecule has 0 radical (unpaired) electrons. The van der Waals surface area contributed by atoms with Crippen molar-refractivity contribution in [2.24, 2.45) is 0 Å². The van der Waals surface area contributed by atoms with E-state index in [9.17, 15) is 31.5 Å². The SMILES string of the molecule is O=C(O)[C@]1(NS(=O)(=O)c2ccc(-c3cc(C(F)(F)F)no3)s2)C[C@@H]1c1ccccc1. The summed E-state index contributed by atoms with van der Waals surface area (Å²) in [5.41, 5.74) is -2.22. The van der Waals surface area contributed by atoms with Crippen LogP contribution in [0.5, 0.6) is 0 Å². The third-order valence-electron chi connectivity index (χ3n) is 4.75. The van der Waals surface area contributed by atoms with Crippen LogP contribution in [0.3, 0.4) is 0 Å². The number of halogens is 3. The molecular weight excluding hydrogens is 445 g/mol. The third kappa shape index (κ3) is 3.61. The number of benzene rings is 1. The number of nitrogens with one attached hydrogen (secondary N) is 1.